The van der Waals surface area contributed by atoms with E-state index in [1.807, 2.05) is 0 Å². The van der Waals surface area contributed by atoms with Gasteiger partial charge in [-0.3, -0.25) is 0 Å². The fourth-order valence-corrected chi connectivity index (χ4v) is 2.23. The number of amides is 1. The largest absolute Gasteiger partial charge is 0.454 e. The summed E-state index contributed by atoms with van der Waals surface area (Å²) in [6.45, 7) is -0.986. The third-order valence-corrected chi connectivity index (χ3v) is 3.21. The second kappa shape index (κ2) is 4.12. The lowest BCUT2D eigenvalue weighted by Gasteiger charge is -2.32. The Morgan fingerprint density at radius 2 is 1.95 bits per heavy atom. The third kappa shape index (κ3) is 2.03. The fraction of sp³-hybridized carbons (Fsp3) is 0.364. The van der Waals surface area contributed by atoms with E-state index >= 15 is 0 Å². The van der Waals surface area contributed by atoms with Gasteiger partial charge >= 0.3 is 12.0 Å². The summed E-state index contributed by atoms with van der Waals surface area (Å²) >= 11 is 5.96. The molecule has 1 amide bonds. The molecule has 1 aromatic carbocycles. The van der Waals surface area contributed by atoms with E-state index in [4.69, 9.17) is 21.1 Å². The summed E-state index contributed by atoms with van der Waals surface area (Å²) in [7, 11) is 0. The minimum absolute atomic E-state index is 0.00560. The molecule has 2 heterocycles. The number of nitrogens with one attached hydrogen (secondary N) is 1. The van der Waals surface area contributed by atoms with Crippen LogP contribution in [0.1, 0.15) is 11.6 Å². The zero-order chi connectivity index (χ0) is 13.6. The van der Waals surface area contributed by atoms with E-state index < -0.39 is 24.7 Å². The first-order valence-corrected chi connectivity index (χ1v) is 5.75. The zero-order valence-electron chi connectivity index (χ0n) is 9.41. The van der Waals surface area contributed by atoms with Gasteiger partial charge in [-0.2, -0.15) is 0 Å². The van der Waals surface area contributed by atoms with E-state index in [0.29, 0.717) is 11.5 Å². The van der Waals surface area contributed by atoms with Crippen LogP contribution in [0.3, 0.4) is 0 Å². The summed E-state index contributed by atoms with van der Waals surface area (Å²) in [5.74, 6) is -2.56. The summed E-state index contributed by atoms with van der Waals surface area (Å²) in [6, 6.07) is 1.17. The third-order valence-electron chi connectivity index (χ3n) is 2.88. The monoisotopic (exact) mass is 291 g/mol. The summed E-state index contributed by atoms with van der Waals surface area (Å²) in [5.41, 5.74) is 0.0626. The smallest absolute Gasteiger partial charge is 0.408 e. The number of carbonyl (C=O) groups excluding carboxylic acids is 1. The number of rotatable bonds is 1. The zero-order valence-corrected chi connectivity index (χ0v) is 10.2. The number of hydrogen-bond donors (Lipinski definition) is 1. The molecule has 0 radical (unpaired) electrons. The molecule has 0 saturated carbocycles. The molecule has 1 saturated heterocycles. The number of carbonyl (C=O) groups is 1. The number of fused-ring (bicyclic) bond motifs is 1. The van der Waals surface area contributed by atoms with Crippen molar-refractivity contribution in [2.75, 3.05) is 13.4 Å². The Kier molecular flexibility index (Phi) is 2.67. The predicted molar refractivity (Wildman–Crippen MR) is 59.7 cm³/mol. The molecule has 1 fully saturated rings. The standard InChI is InChI=1S/C11H8ClF2NO4/c12-6-2-8-7(18-4-19-8)1-5(6)9-11(13,14)3-17-10(16)15-9/h1-2,9H,3-4H2,(H,15,16)/t9-/m1/s1. The lowest BCUT2D eigenvalue weighted by Crippen LogP contribution is -2.49. The van der Waals surface area contributed by atoms with Crippen LogP contribution in [0.25, 0.3) is 0 Å². The Morgan fingerprint density at radius 3 is 2.68 bits per heavy atom. The van der Waals surface area contributed by atoms with Gasteiger partial charge in [0, 0.05) is 11.6 Å². The summed E-state index contributed by atoms with van der Waals surface area (Å²) < 4.78 is 42.1. The first-order chi connectivity index (χ1) is 8.97. The topological polar surface area (TPSA) is 56.8 Å². The molecule has 0 bridgehead atoms. The maximum absolute atomic E-state index is 13.8. The van der Waals surface area contributed by atoms with Crippen LogP contribution in [0.4, 0.5) is 13.6 Å². The normalized spacial score (nSPS) is 23.7. The summed E-state index contributed by atoms with van der Waals surface area (Å²) in [5, 5.41) is 2.13. The molecule has 0 aliphatic carbocycles. The maximum Gasteiger partial charge on any atom is 0.408 e. The average Bonchev–Trinajstić information content (AvgIpc) is 2.78. The SMILES string of the molecule is O=C1N[C@H](c2cc3c(cc2Cl)OCO3)C(F)(F)CO1. The van der Waals surface area contributed by atoms with Crippen molar-refractivity contribution in [2.45, 2.75) is 12.0 Å². The van der Waals surface area contributed by atoms with Gasteiger partial charge in [0.1, 0.15) is 6.04 Å². The Hall–Kier alpha value is -1.76. The number of alkyl halides is 2. The first-order valence-electron chi connectivity index (χ1n) is 5.37. The highest BCUT2D eigenvalue weighted by atomic mass is 35.5. The van der Waals surface area contributed by atoms with Gasteiger partial charge < -0.3 is 19.5 Å². The van der Waals surface area contributed by atoms with E-state index in [9.17, 15) is 13.6 Å². The van der Waals surface area contributed by atoms with Crippen molar-refractivity contribution in [3.8, 4) is 11.5 Å². The quantitative estimate of drug-likeness (QED) is 0.863. The predicted octanol–water partition coefficient (Wildman–Crippen LogP) is 2.48. The van der Waals surface area contributed by atoms with E-state index in [-0.39, 0.29) is 17.4 Å². The van der Waals surface area contributed by atoms with Crippen LogP contribution in [0.2, 0.25) is 5.02 Å². The molecule has 2 aliphatic rings. The van der Waals surface area contributed by atoms with Gasteiger partial charge in [-0.15, -0.1) is 0 Å². The van der Waals surface area contributed by atoms with Crippen LogP contribution in [-0.4, -0.2) is 25.4 Å². The van der Waals surface area contributed by atoms with Crippen molar-refractivity contribution < 1.29 is 27.8 Å². The molecule has 102 valence electrons. The molecular formula is C11H8ClF2NO4. The number of hydrogen-bond acceptors (Lipinski definition) is 4. The fourth-order valence-electron chi connectivity index (χ4n) is 1.97. The summed E-state index contributed by atoms with van der Waals surface area (Å²) in [6.07, 6.45) is -0.912. The first kappa shape index (κ1) is 12.3. The minimum atomic E-state index is -3.26. The summed E-state index contributed by atoms with van der Waals surface area (Å²) in [4.78, 5) is 11.1. The number of alkyl carbamates (subject to hydrolysis) is 1. The average molecular weight is 292 g/mol. The highest BCUT2D eigenvalue weighted by molar-refractivity contribution is 6.31. The van der Waals surface area contributed by atoms with Crippen LogP contribution in [0.15, 0.2) is 12.1 Å². The van der Waals surface area contributed by atoms with Crippen LogP contribution < -0.4 is 14.8 Å². The number of benzene rings is 1. The highest BCUT2D eigenvalue weighted by Gasteiger charge is 2.48. The van der Waals surface area contributed by atoms with Crippen LogP contribution in [-0.2, 0) is 4.74 Å². The Labute approximate surface area is 111 Å². The van der Waals surface area contributed by atoms with E-state index in [0.717, 1.165) is 0 Å². The number of cyclic esters (lactones) is 1. The van der Waals surface area contributed by atoms with Crippen molar-refractivity contribution in [3.63, 3.8) is 0 Å². The van der Waals surface area contributed by atoms with Crippen molar-refractivity contribution in [1.29, 1.82) is 0 Å². The molecule has 1 atom stereocenters. The van der Waals surface area contributed by atoms with Gasteiger partial charge in [-0.1, -0.05) is 11.6 Å². The van der Waals surface area contributed by atoms with Gasteiger partial charge in [-0.05, 0) is 6.07 Å². The maximum atomic E-state index is 13.8. The van der Waals surface area contributed by atoms with Gasteiger partial charge in [0.05, 0.1) is 5.02 Å². The van der Waals surface area contributed by atoms with Crippen molar-refractivity contribution in [1.82, 2.24) is 5.32 Å². The molecule has 0 aromatic heterocycles. The molecule has 8 heteroatoms. The van der Waals surface area contributed by atoms with Crippen LogP contribution in [0.5, 0.6) is 11.5 Å². The molecule has 1 aromatic rings. The highest BCUT2D eigenvalue weighted by Crippen LogP contribution is 2.43. The second-order valence-corrected chi connectivity index (χ2v) is 4.55. The van der Waals surface area contributed by atoms with Crippen molar-refractivity contribution in [3.05, 3.63) is 22.7 Å². The molecule has 3 rings (SSSR count). The Morgan fingerprint density at radius 1 is 1.26 bits per heavy atom. The molecule has 1 N–H and O–H groups in total. The Bertz CT molecular complexity index is 552. The lowest BCUT2D eigenvalue weighted by atomic mass is 9.99. The molecule has 5 nitrogen and oxygen atoms in total. The van der Waals surface area contributed by atoms with Gasteiger partial charge in [-0.25, -0.2) is 13.6 Å². The molecule has 2 aliphatic heterocycles. The molecule has 0 unspecified atom stereocenters. The van der Waals surface area contributed by atoms with Gasteiger partial charge in [0.25, 0.3) is 0 Å². The van der Waals surface area contributed by atoms with Gasteiger partial charge in [0.15, 0.2) is 18.1 Å². The molecule has 0 spiro atoms. The van der Waals surface area contributed by atoms with E-state index in [1.54, 1.807) is 0 Å². The minimum Gasteiger partial charge on any atom is -0.454 e. The molecule has 19 heavy (non-hydrogen) atoms. The van der Waals surface area contributed by atoms with E-state index in [1.165, 1.54) is 12.1 Å². The van der Waals surface area contributed by atoms with Crippen LogP contribution in [0, 0.1) is 0 Å². The van der Waals surface area contributed by atoms with Gasteiger partial charge in [0.2, 0.25) is 6.79 Å². The van der Waals surface area contributed by atoms with Crippen LogP contribution >= 0.6 is 11.6 Å². The number of ether oxygens (including phenoxy) is 3. The molecular weight excluding hydrogens is 284 g/mol. The van der Waals surface area contributed by atoms with Crippen molar-refractivity contribution in [2.24, 2.45) is 0 Å². The number of halogens is 3. The van der Waals surface area contributed by atoms with E-state index in [2.05, 4.69) is 10.1 Å². The second-order valence-electron chi connectivity index (χ2n) is 4.14. The van der Waals surface area contributed by atoms with Crippen molar-refractivity contribution >= 4 is 17.7 Å². The lowest BCUT2D eigenvalue weighted by molar-refractivity contribution is -0.104. The Balaban J connectivity index is 2.03.